The van der Waals surface area contributed by atoms with E-state index in [1.54, 1.807) is 18.9 Å². The summed E-state index contributed by atoms with van der Waals surface area (Å²) in [6, 6.07) is 5.82. The van der Waals surface area contributed by atoms with E-state index >= 15 is 0 Å². The maximum atomic E-state index is 6.09. The van der Waals surface area contributed by atoms with Gasteiger partial charge in [0.15, 0.2) is 11.5 Å². The first kappa shape index (κ1) is 15.0. The van der Waals surface area contributed by atoms with E-state index in [1.165, 1.54) is 0 Å². The average Bonchev–Trinajstić information content (AvgIpc) is 2.78. The van der Waals surface area contributed by atoms with E-state index in [0.717, 1.165) is 29.2 Å². The molecule has 6 heteroatoms. The standard InChI is InChI=1S/C15H22N4O2/c1-5-11-14(16)15(19(2)18-11)17-9-10-6-7-12(20-3)13(8-10)21-4/h6-8,17H,5,9,16H2,1-4H3. The van der Waals surface area contributed by atoms with Crippen LogP contribution in [0, 0.1) is 0 Å². The molecule has 0 unspecified atom stereocenters. The molecule has 0 bridgehead atoms. The van der Waals surface area contributed by atoms with E-state index in [2.05, 4.69) is 10.4 Å². The average molecular weight is 290 g/mol. The van der Waals surface area contributed by atoms with Crippen molar-refractivity contribution in [1.82, 2.24) is 9.78 Å². The summed E-state index contributed by atoms with van der Waals surface area (Å²) >= 11 is 0. The third kappa shape index (κ3) is 3.04. The molecular formula is C15H22N4O2. The normalized spacial score (nSPS) is 10.5. The van der Waals surface area contributed by atoms with Crippen molar-refractivity contribution < 1.29 is 9.47 Å². The number of nitrogens with zero attached hydrogens (tertiary/aromatic N) is 2. The van der Waals surface area contributed by atoms with Crippen LogP contribution in [-0.2, 0) is 20.0 Å². The maximum absolute atomic E-state index is 6.09. The monoisotopic (exact) mass is 290 g/mol. The van der Waals surface area contributed by atoms with Crippen LogP contribution in [0.3, 0.4) is 0 Å². The van der Waals surface area contributed by atoms with Gasteiger partial charge in [0.2, 0.25) is 0 Å². The number of benzene rings is 1. The van der Waals surface area contributed by atoms with Gasteiger partial charge >= 0.3 is 0 Å². The summed E-state index contributed by atoms with van der Waals surface area (Å²) in [7, 11) is 5.13. The lowest BCUT2D eigenvalue weighted by molar-refractivity contribution is 0.354. The highest BCUT2D eigenvalue weighted by molar-refractivity contribution is 5.65. The molecule has 1 aromatic carbocycles. The van der Waals surface area contributed by atoms with E-state index < -0.39 is 0 Å². The number of nitrogens with two attached hydrogens (primary N) is 1. The smallest absolute Gasteiger partial charge is 0.161 e. The molecule has 0 amide bonds. The van der Waals surface area contributed by atoms with E-state index in [4.69, 9.17) is 15.2 Å². The quantitative estimate of drug-likeness (QED) is 0.853. The van der Waals surface area contributed by atoms with Gasteiger partial charge in [0.05, 0.1) is 25.6 Å². The van der Waals surface area contributed by atoms with Crippen LogP contribution in [0.5, 0.6) is 11.5 Å². The van der Waals surface area contributed by atoms with Crippen LogP contribution >= 0.6 is 0 Å². The Labute approximate surface area is 124 Å². The van der Waals surface area contributed by atoms with Crippen LogP contribution < -0.4 is 20.5 Å². The van der Waals surface area contributed by atoms with E-state index in [0.29, 0.717) is 18.0 Å². The van der Waals surface area contributed by atoms with Crippen LogP contribution in [0.1, 0.15) is 18.2 Å². The fraction of sp³-hybridized carbons (Fsp3) is 0.400. The summed E-state index contributed by atoms with van der Waals surface area (Å²) < 4.78 is 12.3. The van der Waals surface area contributed by atoms with Gasteiger partial charge in [-0.1, -0.05) is 13.0 Å². The van der Waals surface area contributed by atoms with Gasteiger partial charge in [0.25, 0.3) is 0 Å². The second-order valence-electron chi connectivity index (χ2n) is 4.73. The SMILES string of the molecule is CCc1nn(C)c(NCc2ccc(OC)c(OC)c2)c1N. The molecule has 2 rings (SSSR count). The Morgan fingerprint density at radius 2 is 1.95 bits per heavy atom. The van der Waals surface area contributed by atoms with Crippen LogP contribution in [0.2, 0.25) is 0 Å². The van der Waals surface area contributed by atoms with Crippen molar-refractivity contribution in [3.8, 4) is 11.5 Å². The molecule has 114 valence electrons. The lowest BCUT2D eigenvalue weighted by Gasteiger charge is -2.11. The first-order chi connectivity index (χ1) is 10.1. The van der Waals surface area contributed by atoms with E-state index in [-0.39, 0.29) is 0 Å². The van der Waals surface area contributed by atoms with Crippen LogP contribution in [0.15, 0.2) is 18.2 Å². The number of aryl methyl sites for hydroxylation is 2. The second-order valence-corrected chi connectivity index (χ2v) is 4.73. The first-order valence-electron chi connectivity index (χ1n) is 6.86. The van der Waals surface area contributed by atoms with Gasteiger partial charge in [-0.3, -0.25) is 4.68 Å². The molecule has 0 spiro atoms. The van der Waals surface area contributed by atoms with E-state index in [1.807, 2.05) is 32.2 Å². The summed E-state index contributed by atoms with van der Waals surface area (Å²) in [5.41, 5.74) is 8.78. The maximum Gasteiger partial charge on any atom is 0.161 e. The summed E-state index contributed by atoms with van der Waals surface area (Å²) in [6.45, 7) is 2.67. The van der Waals surface area contributed by atoms with Crippen molar-refractivity contribution in [2.45, 2.75) is 19.9 Å². The van der Waals surface area contributed by atoms with Gasteiger partial charge in [0, 0.05) is 13.6 Å². The van der Waals surface area contributed by atoms with Gasteiger partial charge in [-0.05, 0) is 24.1 Å². The number of methoxy groups -OCH3 is 2. The molecule has 0 saturated carbocycles. The molecule has 21 heavy (non-hydrogen) atoms. The highest BCUT2D eigenvalue weighted by Crippen LogP contribution is 2.28. The Morgan fingerprint density at radius 1 is 1.24 bits per heavy atom. The predicted molar refractivity (Wildman–Crippen MR) is 83.9 cm³/mol. The van der Waals surface area contributed by atoms with E-state index in [9.17, 15) is 0 Å². The molecule has 0 fully saturated rings. The molecule has 1 aromatic heterocycles. The Bertz CT molecular complexity index is 622. The molecular weight excluding hydrogens is 268 g/mol. The minimum atomic E-state index is 0.632. The Balaban J connectivity index is 2.15. The van der Waals surface area contributed by atoms with Crippen molar-refractivity contribution in [1.29, 1.82) is 0 Å². The van der Waals surface area contributed by atoms with Crippen molar-refractivity contribution >= 4 is 11.5 Å². The number of nitrogen functional groups attached to an aromatic ring is 1. The molecule has 0 aliphatic rings. The second kappa shape index (κ2) is 6.39. The van der Waals surface area contributed by atoms with Gasteiger partial charge in [-0.2, -0.15) is 5.10 Å². The molecule has 0 saturated heterocycles. The van der Waals surface area contributed by atoms with Gasteiger partial charge in [-0.15, -0.1) is 0 Å². The molecule has 3 N–H and O–H groups in total. The lowest BCUT2D eigenvalue weighted by atomic mass is 10.2. The lowest BCUT2D eigenvalue weighted by Crippen LogP contribution is -2.06. The highest BCUT2D eigenvalue weighted by Gasteiger charge is 2.12. The molecule has 0 aliphatic carbocycles. The topological polar surface area (TPSA) is 74.3 Å². The summed E-state index contributed by atoms with van der Waals surface area (Å²) in [4.78, 5) is 0. The predicted octanol–water partition coefficient (Wildman–Crippen LogP) is 2.19. The minimum Gasteiger partial charge on any atom is -0.493 e. The third-order valence-electron chi connectivity index (χ3n) is 3.40. The fourth-order valence-corrected chi connectivity index (χ4v) is 2.24. The Hall–Kier alpha value is -2.37. The molecule has 0 radical (unpaired) electrons. The minimum absolute atomic E-state index is 0.632. The first-order valence-corrected chi connectivity index (χ1v) is 6.86. The number of hydrogen-bond donors (Lipinski definition) is 2. The number of nitrogens with one attached hydrogen (secondary N) is 1. The highest BCUT2D eigenvalue weighted by atomic mass is 16.5. The number of ether oxygens (including phenoxy) is 2. The van der Waals surface area contributed by atoms with Gasteiger partial charge in [-0.25, -0.2) is 0 Å². The molecule has 1 heterocycles. The summed E-state index contributed by atoms with van der Waals surface area (Å²) in [6.07, 6.45) is 0.817. The van der Waals surface area contributed by atoms with Crippen molar-refractivity contribution in [3.05, 3.63) is 29.5 Å². The molecule has 2 aromatic rings. The summed E-state index contributed by atoms with van der Waals surface area (Å²) in [5.74, 6) is 2.26. The molecule has 6 nitrogen and oxygen atoms in total. The third-order valence-corrected chi connectivity index (χ3v) is 3.40. The molecule has 0 atom stereocenters. The Morgan fingerprint density at radius 3 is 2.52 bits per heavy atom. The van der Waals surface area contributed by atoms with Gasteiger partial charge < -0.3 is 20.5 Å². The zero-order valence-electron chi connectivity index (χ0n) is 12.9. The fourth-order valence-electron chi connectivity index (χ4n) is 2.24. The van der Waals surface area contributed by atoms with Gasteiger partial charge in [0.1, 0.15) is 5.82 Å². The number of rotatable bonds is 6. The zero-order chi connectivity index (χ0) is 15.4. The van der Waals surface area contributed by atoms with Crippen molar-refractivity contribution in [2.24, 2.45) is 7.05 Å². The van der Waals surface area contributed by atoms with Crippen LogP contribution in [0.25, 0.3) is 0 Å². The van der Waals surface area contributed by atoms with Crippen molar-refractivity contribution in [2.75, 3.05) is 25.3 Å². The van der Waals surface area contributed by atoms with Crippen molar-refractivity contribution in [3.63, 3.8) is 0 Å². The summed E-state index contributed by atoms with van der Waals surface area (Å²) in [5, 5.41) is 7.71. The van der Waals surface area contributed by atoms with Crippen LogP contribution in [-0.4, -0.2) is 24.0 Å². The zero-order valence-corrected chi connectivity index (χ0v) is 12.9. The number of anilines is 2. The largest absolute Gasteiger partial charge is 0.493 e. The van der Waals surface area contributed by atoms with Crippen LogP contribution in [0.4, 0.5) is 11.5 Å². The Kier molecular flexibility index (Phi) is 4.57. The number of aromatic nitrogens is 2. The molecule has 0 aliphatic heterocycles. The number of hydrogen-bond acceptors (Lipinski definition) is 5.